The van der Waals surface area contributed by atoms with Gasteiger partial charge in [0.1, 0.15) is 5.03 Å². The highest BCUT2D eigenvalue weighted by Gasteiger charge is 2.20. The SMILES string of the molecule is CSC(=C[N+](=O)[O-])N(C)C(C)CN(C)CC1CCOC1. The summed E-state index contributed by atoms with van der Waals surface area (Å²) in [7, 11) is 4.00. The largest absolute Gasteiger partial charge is 0.381 e. The quantitative estimate of drug-likeness (QED) is 0.502. The summed E-state index contributed by atoms with van der Waals surface area (Å²) in [5, 5.41) is 11.3. The summed E-state index contributed by atoms with van der Waals surface area (Å²) in [4.78, 5) is 14.5. The lowest BCUT2D eigenvalue weighted by Crippen LogP contribution is -2.39. The van der Waals surface area contributed by atoms with Crippen molar-refractivity contribution >= 4 is 11.8 Å². The van der Waals surface area contributed by atoms with Crippen LogP contribution in [0.1, 0.15) is 13.3 Å². The van der Waals surface area contributed by atoms with Gasteiger partial charge < -0.3 is 14.5 Å². The molecule has 6 nitrogen and oxygen atoms in total. The number of nitrogens with zero attached hydrogens (tertiary/aromatic N) is 3. The molecule has 0 aromatic heterocycles. The summed E-state index contributed by atoms with van der Waals surface area (Å²) in [6.45, 7) is 5.71. The van der Waals surface area contributed by atoms with Crippen LogP contribution < -0.4 is 0 Å². The molecule has 0 aromatic rings. The number of hydrogen-bond acceptors (Lipinski definition) is 6. The fourth-order valence-corrected chi connectivity index (χ4v) is 3.07. The molecular formula is C13H25N3O3S. The van der Waals surface area contributed by atoms with E-state index in [1.54, 1.807) is 0 Å². The lowest BCUT2D eigenvalue weighted by Gasteiger charge is -2.31. The Bertz CT molecular complexity index is 346. The normalized spacial score (nSPS) is 21.2. The molecule has 1 fully saturated rings. The third kappa shape index (κ3) is 5.68. The number of thioether (sulfide) groups is 1. The van der Waals surface area contributed by atoms with Gasteiger partial charge in [0.2, 0.25) is 0 Å². The molecule has 0 bridgehead atoms. The van der Waals surface area contributed by atoms with Gasteiger partial charge in [0, 0.05) is 32.8 Å². The van der Waals surface area contributed by atoms with Gasteiger partial charge in [-0.3, -0.25) is 10.1 Å². The van der Waals surface area contributed by atoms with E-state index in [2.05, 4.69) is 18.9 Å². The van der Waals surface area contributed by atoms with Crippen molar-refractivity contribution in [2.24, 2.45) is 5.92 Å². The van der Waals surface area contributed by atoms with Crippen LogP contribution in [0.4, 0.5) is 0 Å². The zero-order valence-electron chi connectivity index (χ0n) is 12.7. The summed E-state index contributed by atoms with van der Waals surface area (Å²) < 4.78 is 5.39. The highest BCUT2D eigenvalue weighted by Crippen LogP contribution is 2.19. The molecule has 0 spiro atoms. The van der Waals surface area contributed by atoms with Crippen LogP contribution in [-0.2, 0) is 4.74 Å². The maximum Gasteiger partial charge on any atom is 0.264 e. The van der Waals surface area contributed by atoms with E-state index in [0.717, 1.165) is 38.9 Å². The summed E-state index contributed by atoms with van der Waals surface area (Å²) in [5.74, 6) is 0.617. The average molecular weight is 303 g/mol. The first-order chi connectivity index (χ1) is 9.43. The number of hydrogen-bond donors (Lipinski definition) is 0. The van der Waals surface area contributed by atoms with E-state index in [9.17, 15) is 10.1 Å². The zero-order valence-corrected chi connectivity index (χ0v) is 13.6. The smallest absolute Gasteiger partial charge is 0.264 e. The van der Waals surface area contributed by atoms with Crippen molar-refractivity contribution in [3.05, 3.63) is 21.3 Å². The molecule has 1 heterocycles. The molecule has 1 aliphatic heterocycles. The molecule has 2 unspecified atom stereocenters. The minimum absolute atomic E-state index is 0.223. The standard InChI is InChI=1S/C13H25N3O3S/c1-11(15(3)13(20-4)9-16(17)18)7-14(2)8-12-5-6-19-10-12/h9,11-12H,5-8,10H2,1-4H3. The summed E-state index contributed by atoms with van der Waals surface area (Å²) in [6, 6.07) is 0.223. The second-order valence-corrected chi connectivity index (χ2v) is 6.19. The Morgan fingerprint density at radius 1 is 1.60 bits per heavy atom. The Morgan fingerprint density at radius 2 is 2.30 bits per heavy atom. The average Bonchev–Trinajstić information content (AvgIpc) is 2.87. The molecule has 20 heavy (non-hydrogen) atoms. The number of rotatable bonds is 8. The van der Waals surface area contributed by atoms with Gasteiger partial charge >= 0.3 is 0 Å². The van der Waals surface area contributed by atoms with Gasteiger partial charge in [-0.25, -0.2) is 0 Å². The van der Waals surface area contributed by atoms with Crippen molar-refractivity contribution in [1.29, 1.82) is 0 Å². The van der Waals surface area contributed by atoms with E-state index in [1.807, 2.05) is 18.2 Å². The Kier molecular flexibility index (Phi) is 7.32. The van der Waals surface area contributed by atoms with Crippen LogP contribution >= 0.6 is 11.8 Å². The molecule has 0 aromatic carbocycles. The highest BCUT2D eigenvalue weighted by molar-refractivity contribution is 8.02. The Labute approximate surface area is 125 Å². The fraction of sp³-hybridized carbons (Fsp3) is 0.846. The first-order valence-electron chi connectivity index (χ1n) is 6.82. The Balaban J connectivity index is 2.46. The highest BCUT2D eigenvalue weighted by atomic mass is 32.2. The van der Waals surface area contributed by atoms with Crippen LogP contribution in [0.3, 0.4) is 0 Å². The number of likely N-dealkylation sites (N-methyl/N-ethyl adjacent to an activating group) is 2. The Hall–Kier alpha value is -0.790. The summed E-state index contributed by atoms with van der Waals surface area (Å²) in [5.41, 5.74) is 0. The second kappa shape index (κ2) is 8.49. The number of ether oxygens (including phenoxy) is 1. The molecule has 1 rings (SSSR count). The molecule has 2 atom stereocenters. The summed E-state index contributed by atoms with van der Waals surface area (Å²) >= 11 is 1.40. The van der Waals surface area contributed by atoms with Crippen molar-refractivity contribution < 1.29 is 9.66 Å². The monoisotopic (exact) mass is 303 g/mol. The van der Waals surface area contributed by atoms with Crippen LogP contribution in [0, 0.1) is 16.0 Å². The molecule has 116 valence electrons. The van der Waals surface area contributed by atoms with E-state index in [4.69, 9.17) is 4.74 Å². The van der Waals surface area contributed by atoms with E-state index >= 15 is 0 Å². The molecule has 0 N–H and O–H groups in total. The van der Waals surface area contributed by atoms with Crippen LogP contribution in [0.5, 0.6) is 0 Å². The first kappa shape index (κ1) is 17.3. The molecule has 0 radical (unpaired) electrons. The van der Waals surface area contributed by atoms with E-state index < -0.39 is 4.92 Å². The van der Waals surface area contributed by atoms with Crippen molar-refractivity contribution in [2.45, 2.75) is 19.4 Å². The van der Waals surface area contributed by atoms with Gasteiger partial charge in [-0.2, -0.15) is 0 Å². The Morgan fingerprint density at radius 3 is 2.80 bits per heavy atom. The van der Waals surface area contributed by atoms with E-state index in [-0.39, 0.29) is 6.04 Å². The van der Waals surface area contributed by atoms with Gasteiger partial charge in [-0.15, -0.1) is 11.8 Å². The molecule has 1 aliphatic rings. The molecule has 0 saturated carbocycles. The van der Waals surface area contributed by atoms with Crippen LogP contribution in [0.2, 0.25) is 0 Å². The maximum atomic E-state index is 10.6. The predicted molar refractivity (Wildman–Crippen MR) is 82.2 cm³/mol. The van der Waals surface area contributed by atoms with E-state index in [1.165, 1.54) is 11.8 Å². The maximum absolute atomic E-state index is 10.6. The molecular weight excluding hydrogens is 278 g/mol. The van der Waals surface area contributed by atoms with Gasteiger partial charge in [0.15, 0.2) is 0 Å². The van der Waals surface area contributed by atoms with Crippen molar-refractivity contribution in [3.63, 3.8) is 0 Å². The lowest BCUT2D eigenvalue weighted by molar-refractivity contribution is -0.403. The van der Waals surface area contributed by atoms with Crippen molar-refractivity contribution in [1.82, 2.24) is 9.80 Å². The fourth-order valence-electron chi connectivity index (χ4n) is 2.41. The summed E-state index contributed by atoms with van der Waals surface area (Å²) in [6.07, 6.45) is 4.07. The number of nitro groups is 1. The minimum atomic E-state index is -0.394. The zero-order chi connectivity index (χ0) is 15.1. The molecule has 0 aliphatic carbocycles. The van der Waals surface area contributed by atoms with Gasteiger partial charge in [0.05, 0.1) is 11.5 Å². The van der Waals surface area contributed by atoms with E-state index in [0.29, 0.717) is 10.9 Å². The molecule has 1 saturated heterocycles. The van der Waals surface area contributed by atoms with Crippen molar-refractivity contribution in [3.8, 4) is 0 Å². The second-order valence-electron chi connectivity index (χ2n) is 5.37. The van der Waals surface area contributed by atoms with Gasteiger partial charge in [-0.05, 0) is 32.6 Å². The van der Waals surface area contributed by atoms with Gasteiger partial charge in [-0.1, -0.05) is 0 Å². The van der Waals surface area contributed by atoms with Crippen LogP contribution in [0.25, 0.3) is 0 Å². The predicted octanol–water partition coefficient (Wildman–Crippen LogP) is 1.71. The third-order valence-electron chi connectivity index (χ3n) is 3.60. The lowest BCUT2D eigenvalue weighted by atomic mass is 10.1. The molecule has 7 heteroatoms. The van der Waals surface area contributed by atoms with Crippen LogP contribution in [-0.4, -0.2) is 67.4 Å². The van der Waals surface area contributed by atoms with Crippen LogP contribution in [0.15, 0.2) is 11.2 Å². The van der Waals surface area contributed by atoms with Gasteiger partial charge in [0.25, 0.3) is 6.20 Å². The van der Waals surface area contributed by atoms with Crippen molar-refractivity contribution in [2.75, 3.05) is 46.7 Å². The third-order valence-corrected chi connectivity index (χ3v) is 4.42. The minimum Gasteiger partial charge on any atom is -0.381 e. The first-order valence-corrected chi connectivity index (χ1v) is 8.05. The molecule has 0 amide bonds. The topological polar surface area (TPSA) is 58.9 Å².